The first-order valence-corrected chi connectivity index (χ1v) is 14.4. The Bertz CT molecular complexity index is 1030. The number of thiophene rings is 1. The summed E-state index contributed by atoms with van der Waals surface area (Å²) in [4.78, 5) is 34.2. The number of benzene rings is 1. The van der Waals surface area contributed by atoms with Crippen LogP contribution in [0.15, 0.2) is 35.7 Å². The highest BCUT2D eigenvalue weighted by Gasteiger charge is 2.33. The second kappa shape index (κ2) is 11.3. The fraction of sp³-hybridized carbons (Fsp3) is 0.586. The maximum atomic E-state index is 13.5. The van der Waals surface area contributed by atoms with Gasteiger partial charge < -0.3 is 9.80 Å². The number of amides is 2. The van der Waals surface area contributed by atoms with E-state index in [0.29, 0.717) is 26.1 Å². The van der Waals surface area contributed by atoms with Gasteiger partial charge in [0.1, 0.15) is 0 Å². The summed E-state index contributed by atoms with van der Waals surface area (Å²) in [5.74, 6) is 1.23. The maximum Gasteiger partial charge on any atom is 0.236 e. The van der Waals surface area contributed by atoms with E-state index in [0.717, 1.165) is 44.8 Å². The Labute approximate surface area is 214 Å². The van der Waals surface area contributed by atoms with Crippen molar-refractivity contribution >= 4 is 23.2 Å². The van der Waals surface area contributed by atoms with Gasteiger partial charge in [-0.2, -0.15) is 0 Å². The van der Waals surface area contributed by atoms with Crippen LogP contribution in [0.5, 0.6) is 0 Å². The molecule has 188 valence electrons. The van der Waals surface area contributed by atoms with Gasteiger partial charge in [0.2, 0.25) is 11.8 Å². The second-order valence-corrected chi connectivity index (χ2v) is 11.6. The maximum absolute atomic E-state index is 13.5. The molecule has 1 aromatic carbocycles. The number of fused-ring (bicyclic) bond motifs is 1. The highest BCUT2D eigenvalue weighted by Crippen LogP contribution is 2.38. The molecular weight excluding hydrogens is 454 g/mol. The molecule has 2 aliphatic heterocycles. The third-order valence-corrected chi connectivity index (χ3v) is 9.33. The van der Waals surface area contributed by atoms with E-state index in [1.54, 1.807) is 0 Å². The van der Waals surface area contributed by atoms with Crippen LogP contribution in [0.2, 0.25) is 0 Å². The fourth-order valence-corrected chi connectivity index (χ4v) is 7.18. The summed E-state index contributed by atoms with van der Waals surface area (Å²) in [7, 11) is 0. The van der Waals surface area contributed by atoms with Crippen LogP contribution < -0.4 is 0 Å². The summed E-state index contributed by atoms with van der Waals surface area (Å²) in [6, 6.07) is 11.0. The van der Waals surface area contributed by atoms with Crippen LogP contribution in [-0.2, 0) is 16.0 Å². The number of hydrogen-bond acceptors (Lipinski definition) is 4. The summed E-state index contributed by atoms with van der Waals surface area (Å²) < 4.78 is 0. The second-order valence-electron chi connectivity index (χ2n) is 10.6. The van der Waals surface area contributed by atoms with Gasteiger partial charge in [0.25, 0.3) is 0 Å². The van der Waals surface area contributed by atoms with Gasteiger partial charge in [-0.1, -0.05) is 49.9 Å². The number of carbonyl (C=O) groups excluding carboxylic acids is 2. The van der Waals surface area contributed by atoms with Gasteiger partial charge >= 0.3 is 0 Å². The standard InChI is InChI=1S/C29H39N3O2S/c1-22-7-2-5-10-24(22)29-25-14-20-35-26(25)13-17-32(29)21-28(34)31-16-6-15-30(18-19-31)27(33)12-11-23-8-3-4-9-23/h2,5,7,10,14,20,23,29H,3-4,6,8-9,11-13,15-19,21H2,1H3/t29-/m0/s1. The molecule has 2 aromatic rings. The fourth-order valence-electron chi connectivity index (χ4n) is 6.27. The van der Waals surface area contributed by atoms with E-state index < -0.39 is 0 Å². The monoisotopic (exact) mass is 493 g/mol. The molecule has 2 amide bonds. The highest BCUT2D eigenvalue weighted by molar-refractivity contribution is 7.10. The molecule has 3 heterocycles. The molecular formula is C29H39N3O2S. The minimum Gasteiger partial charge on any atom is -0.341 e. The summed E-state index contributed by atoms with van der Waals surface area (Å²) >= 11 is 1.84. The number of aryl methyl sites for hydroxylation is 1. The summed E-state index contributed by atoms with van der Waals surface area (Å²) in [6.45, 7) is 6.36. The average molecular weight is 494 g/mol. The van der Waals surface area contributed by atoms with Crippen molar-refractivity contribution in [1.82, 2.24) is 14.7 Å². The van der Waals surface area contributed by atoms with Crippen molar-refractivity contribution in [3.63, 3.8) is 0 Å². The Morgan fingerprint density at radius 1 is 0.886 bits per heavy atom. The zero-order valence-electron chi connectivity index (χ0n) is 21.1. The normalized spacial score (nSPS) is 21.7. The van der Waals surface area contributed by atoms with E-state index in [2.05, 4.69) is 47.5 Å². The molecule has 5 rings (SSSR count). The largest absolute Gasteiger partial charge is 0.341 e. The lowest BCUT2D eigenvalue weighted by atomic mass is 9.90. The third kappa shape index (κ3) is 5.64. The smallest absolute Gasteiger partial charge is 0.236 e. The number of hydrogen-bond donors (Lipinski definition) is 0. The third-order valence-electron chi connectivity index (χ3n) is 8.33. The molecule has 2 fully saturated rings. The van der Waals surface area contributed by atoms with E-state index >= 15 is 0 Å². The van der Waals surface area contributed by atoms with Gasteiger partial charge in [-0.15, -0.1) is 11.3 Å². The molecule has 6 heteroatoms. The summed E-state index contributed by atoms with van der Waals surface area (Å²) in [5, 5.41) is 2.19. The van der Waals surface area contributed by atoms with Crippen LogP contribution in [0.3, 0.4) is 0 Å². The van der Waals surface area contributed by atoms with Crippen LogP contribution >= 0.6 is 11.3 Å². The van der Waals surface area contributed by atoms with Gasteiger partial charge in [0.15, 0.2) is 0 Å². The zero-order chi connectivity index (χ0) is 24.2. The lowest BCUT2D eigenvalue weighted by Gasteiger charge is -2.37. The molecule has 1 saturated heterocycles. The van der Waals surface area contributed by atoms with Gasteiger partial charge in [-0.25, -0.2) is 0 Å². The molecule has 0 N–H and O–H groups in total. The molecule has 0 radical (unpaired) electrons. The molecule has 5 nitrogen and oxygen atoms in total. The van der Waals surface area contributed by atoms with Crippen molar-refractivity contribution in [2.24, 2.45) is 5.92 Å². The number of nitrogens with zero attached hydrogens (tertiary/aromatic N) is 3. The molecule has 35 heavy (non-hydrogen) atoms. The molecule has 1 saturated carbocycles. The molecule has 1 aliphatic carbocycles. The Morgan fingerprint density at radius 2 is 1.63 bits per heavy atom. The van der Waals surface area contributed by atoms with Crippen LogP contribution in [0.4, 0.5) is 0 Å². The quantitative estimate of drug-likeness (QED) is 0.567. The Morgan fingerprint density at radius 3 is 2.40 bits per heavy atom. The van der Waals surface area contributed by atoms with Gasteiger partial charge in [0.05, 0.1) is 12.6 Å². The first kappa shape index (κ1) is 24.5. The minimum atomic E-state index is 0.135. The predicted molar refractivity (Wildman–Crippen MR) is 142 cm³/mol. The Balaban J connectivity index is 1.21. The summed E-state index contributed by atoms with van der Waals surface area (Å²) in [6.07, 6.45) is 8.84. The number of rotatable bonds is 6. The first-order valence-electron chi connectivity index (χ1n) is 13.5. The highest BCUT2D eigenvalue weighted by atomic mass is 32.1. The van der Waals surface area contributed by atoms with E-state index in [4.69, 9.17) is 0 Å². The van der Waals surface area contributed by atoms with Gasteiger partial charge in [0, 0.05) is 44.0 Å². The Kier molecular flexibility index (Phi) is 7.88. The lowest BCUT2D eigenvalue weighted by molar-refractivity contribution is -0.134. The van der Waals surface area contributed by atoms with E-state index in [-0.39, 0.29) is 17.9 Å². The van der Waals surface area contributed by atoms with Gasteiger partial charge in [-0.05, 0) is 60.2 Å². The van der Waals surface area contributed by atoms with Crippen molar-refractivity contribution < 1.29 is 9.59 Å². The van der Waals surface area contributed by atoms with Crippen LogP contribution in [0.25, 0.3) is 0 Å². The van der Waals surface area contributed by atoms with Crippen molar-refractivity contribution in [3.8, 4) is 0 Å². The van der Waals surface area contributed by atoms with Crippen LogP contribution in [0.1, 0.15) is 72.6 Å². The van der Waals surface area contributed by atoms with Crippen molar-refractivity contribution in [2.75, 3.05) is 39.3 Å². The zero-order valence-corrected chi connectivity index (χ0v) is 21.9. The first-order chi connectivity index (χ1) is 17.1. The van der Waals surface area contributed by atoms with E-state index in [1.165, 1.54) is 47.3 Å². The molecule has 0 bridgehead atoms. The minimum absolute atomic E-state index is 0.135. The average Bonchev–Trinajstić information content (AvgIpc) is 3.50. The SMILES string of the molecule is Cc1ccccc1[C@H]1c2ccsc2CCN1CC(=O)N1CCCN(C(=O)CCC2CCCC2)CC1. The molecule has 0 unspecified atom stereocenters. The molecule has 0 spiro atoms. The van der Waals surface area contributed by atoms with Gasteiger partial charge in [-0.3, -0.25) is 14.5 Å². The lowest BCUT2D eigenvalue weighted by Crippen LogP contribution is -2.45. The van der Waals surface area contributed by atoms with Crippen molar-refractivity contribution in [1.29, 1.82) is 0 Å². The van der Waals surface area contributed by atoms with E-state index in [9.17, 15) is 9.59 Å². The van der Waals surface area contributed by atoms with Crippen LogP contribution in [0, 0.1) is 12.8 Å². The Hall–Kier alpha value is -2.18. The molecule has 3 aliphatic rings. The molecule has 1 aromatic heterocycles. The summed E-state index contributed by atoms with van der Waals surface area (Å²) in [5.41, 5.74) is 3.93. The predicted octanol–water partition coefficient (Wildman–Crippen LogP) is 5.04. The van der Waals surface area contributed by atoms with Crippen molar-refractivity contribution in [2.45, 2.75) is 64.3 Å². The number of carbonyl (C=O) groups is 2. The van der Waals surface area contributed by atoms with Crippen molar-refractivity contribution in [3.05, 3.63) is 57.3 Å². The molecule has 1 atom stereocenters. The topological polar surface area (TPSA) is 43.9 Å². The van der Waals surface area contributed by atoms with E-state index in [1.807, 2.05) is 21.1 Å². The van der Waals surface area contributed by atoms with Crippen LogP contribution in [-0.4, -0.2) is 65.8 Å².